The van der Waals surface area contributed by atoms with E-state index in [0.717, 1.165) is 11.6 Å². The van der Waals surface area contributed by atoms with Gasteiger partial charge in [-0.2, -0.15) is 0 Å². The van der Waals surface area contributed by atoms with Gasteiger partial charge < -0.3 is 5.32 Å². The number of aryl methyl sites for hydroxylation is 1. The molecule has 0 aliphatic heterocycles. The third-order valence-corrected chi connectivity index (χ3v) is 2.62. The molecule has 1 N–H and O–H groups in total. The van der Waals surface area contributed by atoms with Crippen molar-refractivity contribution in [3.8, 4) is 0 Å². The summed E-state index contributed by atoms with van der Waals surface area (Å²) < 4.78 is 0. The van der Waals surface area contributed by atoms with Crippen LogP contribution in [0.3, 0.4) is 0 Å². The van der Waals surface area contributed by atoms with Gasteiger partial charge in [0.15, 0.2) is 0 Å². The molecule has 1 aliphatic rings. The van der Waals surface area contributed by atoms with Crippen molar-refractivity contribution < 1.29 is 0 Å². The van der Waals surface area contributed by atoms with Gasteiger partial charge in [-0.15, -0.1) is 4.91 Å². The number of nitrogens with one attached hydrogen (secondary N) is 1. The highest BCUT2D eigenvalue weighted by Gasteiger charge is 2.13. The van der Waals surface area contributed by atoms with Gasteiger partial charge in [0.2, 0.25) is 0 Å². The second-order valence-electron chi connectivity index (χ2n) is 3.85. The Morgan fingerprint density at radius 2 is 1.74 bits per heavy atom. The Morgan fingerprint density at radius 3 is 1.95 bits per heavy atom. The largest absolute Gasteiger partial charge is 0.317 e. The Morgan fingerprint density at radius 1 is 1.16 bits per heavy atom. The van der Waals surface area contributed by atoms with Crippen LogP contribution in [0.25, 0.3) is 0 Å². The zero-order valence-electron chi connectivity index (χ0n) is 13.4. The van der Waals surface area contributed by atoms with E-state index in [1.165, 1.54) is 19.3 Å². The lowest BCUT2D eigenvalue weighted by atomic mass is 9.94. The minimum Gasteiger partial charge on any atom is -0.317 e. The van der Waals surface area contributed by atoms with Gasteiger partial charge in [-0.25, -0.2) is 0 Å². The molecule has 2 rings (SSSR count). The van der Waals surface area contributed by atoms with E-state index in [-0.39, 0.29) is 0 Å². The lowest BCUT2D eigenvalue weighted by molar-refractivity contribution is 0.361. The topological polar surface area (TPSA) is 41.5 Å². The van der Waals surface area contributed by atoms with E-state index < -0.39 is 0 Å². The maximum absolute atomic E-state index is 9.91. The van der Waals surface area contributed by atoms with Gasteiger partial charge >= 0.3 is 0 Å². The Hall–Kier alpha value is -1.22. The van der Waals surface area contributed by atoms with Crippen molar-refractivity contribution in [1.29, 1.82) is 0 Å². The summed E-state index contributed by atoms with van der Waals surface area (Å²) in [5, 5.41) is 5.98. The van der Waals surface area contributed by atoms with Crippen LogP contribution in [0.2, 0.25) is 0 Å². The molecule has 3 heteroatoms. The minimum absolute atomic E-state index is 0.495. The van der Waals surface area contributed by atoms with E-state index in [2.05, 4.69) is 10.5 Å². The molecular weight excluding hydrogens is 236 g/mol. The molecule has 1 aromatic rings. The van der Waals surface area contributed by atoms with Gasteiger partial charge in [-0.05, 0) is 49.7 Å². The van der Waals surface area contributed by atoms with Gasteiger partial charge in [0.25, 0.3) is 0 Å². The van der Waals surface area contributed by atoms with Crippen molar-refractivity contribution in [3.63, 3.8) is 0 Å². The Labute approximate surface area is 118 Å². The number of nitrogens with zero attached hydrogens (tertiary/aromatic N) is 1. The quantitative estimate of drug-likeness (QED) is 0.747. The van der Waals surface area contributed by atoms with Gasteiger partial charge in [-0.3, -0.25) is 0 Å². The molecule has 0 heterocycles. The first-order valence-electron chi connectivity index (χ1n) is 7.33. The van der Waals surface area contributed by atoms with E-state index in [1.54, 1.807) is 12.1 Å². The average molecular weight is 266 g/mol. The van der Waals surface area contributed by atoms with E-state index >= 15 is 0 Å². The van der Waals surface area contributed by atoms with Crippen molar-refractivity contribution in [3.05, 3.63) is 34.7 Å². The van der Waals surface area contributed by atoms with Crippen LogP contribution in [0.5, 0.6) is 0 Å². The van der Waals surface area contributed by atoms with E-state index in [9.17, 15) is 4.91 Å². The third-order valence-electron chi connectivity index (χ3n) is 2.62. The highest BCUT2D eigenvalue weighted by molar-refractivity contribution is 5.38. The smallest absolute Gasteiger partial charge is 0.108 e. The monoisotopic (exact) mass is 266 g/mol. The zero-order valence-corrected chi connectivity index (χ0v) is 13.4. The third kappa shape index (κ3) is 10.4. The Bertz CT molecular complexity index is 307. The number of hydrogen-bond acceptors (Lipinski definition) is 3. The number of hydrogen-bond donors (Lipinski definition) is 1. The summed E-state index contributed by atoms with van der Waals surface area (Å²) in [6.45, 7) is 9.93. The normalized spacial score (nSPS) is 12.3. The summed E-state index contributed by atoms with van der Waals surface area (Å²) in [4.78, 5) is 9.91. The highest BCUT2D eigenvalue weighted by atomic mass is 16.3. The van der Waals surface area contributed by atoms with Gasteiger partial charge in [0, 0.05) is 6.04 Å². The Kier molecular flexibility index (Phi) is 15.7. The molecule has 0 unspecified atom stereocenters. The van der Waals surface area contributed by atoms with Crippen molar-refractivity contribution in [2.45, 2.75) is 59.9 Å². The van der Waals surface area contributed by atoms with Crippen LogP contribution in [0.4, 0.5) is 5.69 Å². The molecule has 0 bridgehead atoms. The van der Waals surface area contributed by atoms with E-state index in [0.29, 0.717) is 5.69 Å². The lowest BCUT2D eigenvalue weighted by Gasteiger charge is -2.23. The van der Waals surface area contributed by atoms with Gasteiger partial charge in [-0.1, -0.05) is 46.2 Å². The molecule has 1 saturated carbocycles. The molecule has 1 fully saturated rings. The molecule has 0 radical (unpaired) electrons. The first kappa shape index (κ1) is 20.1. The van der Waals surface area contributed by atoms with Crippen LogP contribution in [0.15, 0.2) is 29.4 Å². The summed E-state index contributed by atoms with van der Waals surface area (Å²) in [6, 6.07) is 8.03. The van der Waals surface area contributed by atoms with Crippen LogP contribution in [-0.2, 0) is 0 Å². The van der Waals surface area contributed by atoms with Gasteiger partial charge in [0.05, 0.1) is 0 Å². The van der Waals surface area contributed by atoms with E-state index in [4.69, 9.17) is 0 Å². The first-order valence-corrected chi connectivity index (χ1v) is 7.33. The SMILES string of the molecule is CC.CC.CNC1CCC1.Cc1cccc(N=O)c1. The summed E-state index contributed by atoms with van der Waals surface area (Å²) in [7, 11) is 2.03. The van der Waals surface area contributed by atoms with Gasteiger partial charge in [0.1, 0.15) is 5.69 Å². The van der Waals surface area contributed by atoms with Crippen LogP contribution in [0, 0.1) is 11.8 Å². The second kappa shape index (κ2) is 14.8. The average Bonchev–Trinajstić information content (AvgIpc) is 2.43. The van der Waals surface area contributed by atoms with Crippen molar-refractivity contribution in [2.24, 2.45) is 5.18 Å². The Balaban J connectivity index is 0. The minimum atomic E-state index is 0.495. The standard InChI is InChI=1S/C7H7NO.C5H11N.2C2H6/c1-6-3-2-4-7(5-6)8-9;1-6-5-3-2-4-5;2*1-2/h2-5H,1H3;5-6H,2-4H2,1H3;2*1-2H3. The maximum atomic E-state index is 9.91. The summed E-state index contributed by atoms with van der Waals surface area (Å²) >= 11 is 0. The van der Waals surface area contributed by atoms with E-state index in [1.807, 2.05) is 53.8 Å². The fourth-order valence-electron chi connectivity index (χ4n) is 1.38. The van der Waals surface area contributed by atoms with Crippen molar-refractivity contribution in [2.75, 3.05) is 7.05 Å². The molecular formula is C16H30N2O. The highest BCUT2D eigenvalue weighted by Crippen LogP contribution is 2.16. The predicted octanol–water partition coefficient (Wildman–Crippen LogP) is 5.20. The molecule has 0 spiro atoms. The zero-order chi connectivity index (χ0) is 15.1. The number of rotatable bonds is 2. The first-order chi connectivity index (χ1) is 9.26. The molecule has 19 heavy (non-hydrogen) atoms. The molecule has 110 valence electrons. The molecule has 3 nitrogen and oxygen atoms in total. The molecule has 1 aliphatic carbocycles. The maximum Gasteiger partial charge on any atom is 0.108 e. The summed E-state index contributed by atoms with van der Waals surface area (Å²) in [5.74, 6) is 0. The van der Waals surface area contributed by atoms with Crippen LogP contribution in [-0.4, -0.2) is 13.1 Å². The van der Waals surface area contributed by atoms with Crippen molar-refractivity contribution in [1.82, 2.24) is 5.32 Å². The molecule has 0 aromatic heterocycles. The fourth-order valence-corrected chi connectivity index (χ4v) is 1.38. The second-order valence-corrected chi connectivity index (χ2v) is 3.85. The predicted molar refractivity (Wildman–Crippen MR) is 86.0 cm³/mol. The lowest BCUT2D eigenvalue weighted by Crippen LogP contribution is -2.31. The summed E-state index contributed by atoms with van der Waals surface area (Å²) in [6.07, 6.45) is 4.23. The van der Waals surface area contributed by atoms with Crippen LogP contribution < -0.4 is 5.32 Å². The van der Waals surface area contributed by atoms with Crippen LogP contribution >= 0.6 is 0 Å². The molecule has 0 atom stereocenters. The van der Waals surface area contributed by atoms with Crippen molar-refractivity contribution >= 4 is 5.69 Å². The molecule has 0 amide bonds. The summed E-state index contributed by atoms with van der Waals surface area (Å²) in [5.41, 5.74) is 1.56. The molecule has 0 saturated heterocycles. The number of benzene rings is 1. The molecule has 1 aromatic carbocycles. The number of nitroso groups, excluding NO2 is 1. The van der Waals surface area contributed by atoms with Crippen LogP contribution in [0.1, 0.15) is 52.5 Å². The fraction of sp³-hybridized carbons (Fsp3) is 0.625.